The van der Waals surface area contributed by atoms with Gasteiger partial charge in [0.05, 0.1) is 49.4 Å². The van der Waals surface area contributed by atoms with Crippen molar-refractivity contribution in [3.63, 3.8) is 0 Å². The Kier molecular flexibility index (Phi) is 8.73. The number of ether oxygens (including phenoxy) is 2. The molecule has 2 heterocycles. The van der Waals surface area contributed by atoms with Crippen molar-refractivity contribution >= 4 is 11.0 Å². The molecule has 0 radical (unpaired) electrons. The Bertz CT molecular complexity index is 1120. The third kappa shape index (κ3) is 6.27. The van der Waals surface area contributed by atoms with Crippen LogP contribution in [0, 0.1) is 5.82 Å². The minimum absolute atomic E-state index is 0.170. The van der Waals surface area contributed by atoms with Gasteiger partial charge in [0.2, 0.25) is 0 Å². The predicted octanol–water partition coefficient (Wildman–Crippen LogP) is 3.05. The first-order valence-electron chi connectivity index (χ1n) is 11.1. The van der Waals surface area contributed by atoms with E-state index >= 15 is 0 Å². The number of nitrogens with zero attached hydrogens (tertiary/aromatic N) is 3. The first-order valence-corrected chi connectivity index (χ1v) is 11.1. The zero-order valence-corrected chi connectivity index (χ0v) is 19.3. The number of halogens is 1. The SMILES string of the molecule is CCn1c(=O)cnc2ccc(F)cc21.COc1cnc(CNC2CCCCC2O)cc1OC. The van der Waals surface area contributed by atoms with Crippen LogP contribution in [0.3, 0.4) is 0 Å². The highest BCUT2D eigenvalue weighted by Crippen LogP contribution is 2.26. The number of aromatic nitrogens is 3. The quantitative estimate of drug-likeness (QED) is 0.586. The fraction of sp³-hybridized carbons (Fsp3) is 0.458. The van der Waals surface area contributed by atoms with E-state index in [4.69, 9.17) is 9.47 Å². The highest BCUT2D eigenvalue weighted by molar-refractivity contribution is 5.74. The molecule has 0 amide bonds. The molecule has 3 aromatic rings. The molecular weight excluding hydrogens is 427 g/mol. The minimum Gasteiger partial charge on any atom is -0.493 e. The van der Waals surface area contributed by atoms with E-state index in [0.29, 0.717) is 35.6 Å². The van der Waals surface area contributed by atoms with Gasteiger partial charge in [0.1, 0.15) is 5.82 Å². The third-order valence-electron chi connectivity index (χ3n) is 5.73. The zero-order valence-electron chi connectivity index (χ0n) is 19.3. The largest absolute Gasteiger partial charge is 0.493 e. The van der Waals surface area contributed by atoms with E-state index in [1.165, 1.54) is 29.3 Å². The lowest BCUT2D eigenvalue weighted by atomic mass is 9.92. The molecule has 2 atom stereocenters. The summed E-state index contributed by atoms with van der Waals surface area (Å²) >= 11 is 0. The van der Waals surface area contributed by atoms with Crippen molar-refractivity contribution in [1.29, 1.82) is 0 Å². The van der Waals surface area contributed by atoms with Crippen LogP contribution in [0.4, 0.5) is 4.39 Å². The Morgan fingerprint density at radius 1 is 1.12 bits per heavy atom. The summed E-state index contributed by atoms with van der Waals surface area (Å²) in [6.45, 7) is 2.98. The van der Waals surface area contributed by atoms with Crippen LogP contribution in [-0.2, 0) is 13.1 Å². The van der Waals surface area contributed by atoms with E-state index in [9.17, 15) is 14.3 Å². The molecule has 178 valence electrons. The van der Waals surface area contributed by atoms with Crippen LogP contribution in [0.15, 0.2) is 41.5 Å². The molecule has 2 aromatic heterocycles. The second kappa shape index (κ2) is 11.7. The Balaban J connectivity index is 0.000000194. The molecule has 33 heavy (non-hydrogen) atoms. The molecule has 0 saturated heterocycles. The molecule has 0 aliphatic heterocycles. The number of methoxy groups -OCH3 is 2. The third-order valence-corrected chi connectivity index (χ3v) is 5.73. The maximum atomic E-state index is 12.9. The summed E-state index contributed by atoms with van der Waals surface area (Å²) in [7, 11) is 3.20. The zero-order chi connectivity index (χ0) is 23.8. The lowest BCUT2D eigenvalue weighted by molar-refractivity contribution is 0.0901. The molecule has 4 rings (SSSR count). The Hall–Kier alpha value is -3.04. The van der Waals surface area contributed by atoms with Crippen molar-refractivity contribution in [3.05, 3.63) is 58.5 Å². The van der Waals surface area contributed by atoms with Crippen LogP contribution < -0.4 is 20.3 Å². The van der Waals surface area contributed by atoms with Crippen molar-refractivity contribution in [1.82, 2.24) is 19.9 Å². The van der Waals surface area contributed by atoms with Crippen molar-refractivity contribution < 1.29 is 19.0 Å². The first-order chi connectivity index (χ1) is 16.0. The standard InChI is InChI=1S/C14H22N2O3.C10H9FN2O/c1-18-13-7-10(15-9-14(13)19-2)8-16-11-5-3-4-6-12(11)17;1-2-13-9-5-7(11)3-4-8(9)12-6-10(13)14/h7,9,11-12,16-17H,3-6,8H2,1-2H3;3-6H,2H2,1H3. The molecular formula is C24H31FN4O4. The summed E-state index contributed by atoms with van der Waals surface area (Å²) in [6.07, 6.45) is 6.87. The van der Waals surface area contributed by atoms with E-state index in [1.54, 1.807) is 26.5 Å². The number of pyridine rings is 1. The maximum absolute atomic E-state index is 12.9. The van der Waals surface area contributed by atoms with E-state index in [2.05, 4.69) is 15.3 Å². The monoisotopic (exact) mass is 458 g/mol. The molecule has 2 N–H and O–H groups in total. The maximum Gasteiger partial charge on any atom is 0.269 e. The van der Waals surface area contributed by atoms with Gasteiger partial charge in [0.15, 0.2) is 11.5 Å². The molecule has 1 fully saturated rings. The smallest absolute Gasteiger partial charge is 0.269 e. The number of nitrogens with one attached hydrogen (secondary N) is 1. The van der Waals surface area contributed by atoms with Gasteiger partial charge in [-0.3, -0.25) is 9.78 Å². The molecule has 1 aliphatic rings. The van der Waals surface area contributed by atoms with Crippen LogP contribution in [0.1, 0.15) is 38.3 Å². The van der Waals surface area contributed by atoms with Crippen molar-refractivity contribution in [2.45, 2.75) is 57.8 Å². The highest BCUT2D eigenvalue weighted by atomic mass is 19.1. The molecule has 8 nitrogen and oxygen atoms in total. The summed E-state index contributed by atoms with van der Waals surface area (Å²) in [5.41, 5.74) is 1.86. The van der Waals surface area contributed by atoms with Gasteiger partial charge in [-0.05, 0) is 38.0 Å². The molecule has 2 unspecified atom stereocenters. The summed E-state index contributed by atoms with van der Waals surface area (Å²) in [6, 6.07) is 6.26. The number of aliphatic hydroxyl groups is 1. The van der Waals surface area contributed by atoms with Gasteiger partial charge in [-0.1, -0.05) is 12.8 Å². The minimum atomic E-state index is -0.355. The topological polar surface area (TPSA) is 98.5 Å². The van der Waals surface area contributed by atoms with Crippen LogP contribution in [-0.4, -0.2) is 46.0 Å². The lowest BCUT2D eigenvalue weighted by Gasteiger charge is -2.28. The van der Waals surface area contributed by atoms with Crippen LogP contribution in [0.25, 0.3) is 11.0 Å². The number of benzene rings is 1. The van der Waals surface area contributed by atoms with E-state index in [0.717, 1.165) is 25.0 Å². The van der Waals surface area contributed by atoms with Gasteiger partial charge in [-0.2, -0.15) is 0 Å². The van der Waals surface area contributed by atoms with E-state index < -0.39 is 0 Å². The second-order valence-electron chi connectivity index (χ2n) is 7.84. The van der Waals surface area contributed by atoms with Crippen LogP contribution in [0.2, 0.25) is 0 Å². The van der Waals surface area contributed by atoms with E-state index in [1.807, 2.05) is 13.0 Å². The van der Waals surface area contributed by atoms with Gasteiger partial charge < -0.3 is 24.5 Å². The lowest BCUT2D eigenvalue weighted by Crippen LogP contribution is -2.41. The second-order valence-corrected chi connectivity index (χ2v) is 7.84. The summed E-state index contributed by atoms with van der Waals surface area (Å²) in [5, 5.41) is 13.3. The molecule has 1 aliphatic carbocycles. The number of hydrogen-bond donors (Lipinski definition) is 2. The summed E-state index contributed by atoms with van der Waals surface area (Å²) in [4.78, 5) is 19.6. The number of fused-ring (bicyclic) bond motifs is 1. The molecule has 9 heteroatoms. The average Bonchev–Trinajstić information content (AvgIpc) is 2.83. The van der Waals surface area contributed by atoms with Crippen molar-refractivity contribution in [2.75, 3.05) is 14.2 Å². The summed E-state index contributed by atoms with van der Waals surface area (Å²) in [5.74, 6) is 0.953. The van der Waals surface area contributed by atoms with Gasteiger partial charge >= 0.3 is 0 Å². The number of rotatable bonds is 6. The fourth-order valence-electron chi connectivity index (χ4n) is 3.92. The van der Waals surface area contributed by atoms with Crippen LogP contribution >= 0.6 is 0 Å². The van der Waals surface area contributed by atoms with Crippen molar-refractivity contribution in [2.24, 2.45) is 0 Å². The van der Waals surface area contributed by atoms with Gasteiger partial charge in [0.25, 0.3) is 5.56 Å². The molecule has 1 saturated carbocycles. The average molecular weight is 459 g/mol. The highest BCUT2D eigenvalue weighted by Gasteiger charge is 2.22. The van der Waals surface area contributed by atoms with Gasteiger partial charge in [-0.15, -0.1) is 0 Å². The number of hydrogen-bond acceptors (Lipinski definition) is 7. The Morgan fingerprint density at radius 3 is 2.58 bits per heavy atom. The molecule has 0 bridgehead atoms. The van der Waals surface area contributed by atoms with E-state index in [-0.39, 0.29) is 23.5 Å². The Labute approximate surface area is 192 Å². The normalized spacial score (nSPS) is 17.8. The fourth-order valence-corrected chi connectivity index (χ4v) is 3.92. The van der Waals surface area contributed by atoms with Crippen LogP contribution in [0.5, 0.6) is 11.5 Å². The van der Waals surface area contributed by atoms with Gasteiger partial charge in [0, 0.05) is 25.2 Å². The number of aliphatic hydroxyl groups excluding tert-OH is 1. The van der Waals surface area contributed by atoms with Gasteiger partial charge in [-0.25, -0.2) is 9.37 Å². The first kappa shape index (κ1) is 24.6. The summed E-state index contributed by atoms with van der Waals surface area (Å²) < 4.78 is 24.8. The predicted molar refractivity (Wildman–Crippen MR) is 124 cm³/mol. The Morgan fingerprint density at radius 2 is 1.88 bits per heavy atom. The molecule has 1 aromatic carbocycles. The molecule has 0 spiro atoms. The van der Waals surface area contributed by atoms with Crippen molar-refractivity contribution in [3.8, 4) is 11.5 Å². The number of aryl methyl sites for hydroxylation is 1.